The molecule has 12 rings (SSSR count). The largest absolute Gasteiger partial charge is 0.309 e. The minimum Gasteiger partial charge on any atom is -0.309 e. The number of fused-ring (bicyclic) bond motifs is 7. The average Bonchev–Trinajstić information content (AvgIpc) is 3.84. The zero-order valence-electron chi connectivity index (χ0n) is 32.4. The van der Waals surface area contributed by atoms with Crippen molar-refractivity contribution in [3.8, 4) is 56.7 Å². The summed E-state index contributed by atoms with van der Waals surface area (Å²) in [6.07, 6.45) is 0. The van der Waals surface area contributed by atoms with Gasteiger partial charge in [-0.05, 0) is 76.2 Å². The van der Waals surface area contributed by atoms with Crippen LogP contribution in [0.25, 0.3) is 111 Å². The van der Waals surface area contributed by atoms with E-state index in [0.717, 1.165) is 71.6 Å². The molecule has 0 aliphatic rings. The third-order valence-corrected chi connectivity index (χ3v) is 11.8. The van der Waals surface area contributed by atoms with Crippen LogP contribution >= 0.6 is 0 Å². The van der Waals surface area contributed by atoms with Crippen LogP contribution in [-0.4, -0.2) is 24.1 Å². The number of benzene rings is 9. The van der Waals surface area contributed by atoms with Crippen molar-refractivity contribution in [3.05, 3.63) is 212 Å². The first-order chi connectivity index (χ1) is 29.8. The van der Waals surface area contributed by atoms with Crippen molar-refractivity contribution in [2.24, 2.45) is 0 Å². The summed E-state index contributed by atoms with van der Waals surface area (Å²) in [4.78, 5) is 15.8. The molecular formula is C55H35N5. The first-order valence-electron chi connectivity index (χ1n) is 20.3. The molecule has 0 amide bonds. The second-order valence-corrected chi connectivity index (χ2v) is 15.2. The molecule has 9 aromatic carbocycles. The molecule has 0 saturated carbocycles. The molecule has 0 fully saturated rings. The fourth-order valence-corrected chi connectivity index (χ4v) is 9.06. The van der Waals surface area contributed by atoms with Gasteiger partial charge in [0.25, 0.3) is 0 Å². The number of para-hydroxylation sites is 3. The summed E-state index contributed by atoms with van der Waals surface area (Å²) in [5, 5.41) is 6.97. The van der Waals surface area contributed by atoms with E-state index >= 15 is 0 Å². The van der Waals surface area contributed by atoms with Crippen LogP contribution < -0.4 is 0 Å². The number of rotatable bonds is 6. The van der Waals surface area contributed by atoms with E-state index in [1.165, 1.54) is 21.8 Å². The van der Waals surface area contributed by atoms with Crippen molar-refractivity contribution in [2.75, 3.05) is 0 Å². The Hall–Kier alpha value is -8.15. The SMILES string of the molecule is c1ccc(-c2nc(-c3cccc4cccc(-c5ccccc5)c34)nc(-n3c4ccccc4c4cc(-c5ccc6c(c5)c5ccccc5n6-c5ccccc5)ccc43)n2)cc1. The summed E-state index contributed by atoms with van der Waals surface area (Å²) in [7, 11) is 0. The monoisotopic (exact) mass is 765 g/mol. The summed E-state index contributed by atoms with van der Waals surface area (Å²) < 4.78 is 4.56. The molecule has 5 heteroatoms. The van der Waals surface area contributed by atoms with E-state index in [2.05, 4.69) is 203 Å². The Morgan fingerprint density at radius 2 is 0.800 bits per heavy atom. The topological polar surface area (TPSA) is 48.5 Å². The molecule has 0 radical (unpaired) electrons. The highest BCUT2D eigenvalue weighted by molar-refractivity contribution is 6.13. The summed E-state index contributed by atoms with van der Waals surface area (Å²) in [5.74, 6) is 1.82. The van der Waals surface area contributed by atoms with E-state index in [1.807, 2.05) is 18.2 Å². The van der Waals surface area contributed by atoms with Gasteiger partial charge in [-0.3, -0.25) is 4.57 Å². The van der Waals surface area contributed by atoms with Gasteiger partial charge in [0.1, 0.15) is 0 Å². The van der Waals surface area contributed by atoms with Crippen LogP contribution in [0.15, 0.2) is 212 Å². The van der Waals surface area contributed by atoms with Gasteiger partial charge in [-0.2, -0.15) is 9.97 Å². The second-order valence-electron chi connectivity index (χ2n) is 15.2. The van der Waals surface area contributed by atoms with Crippen LogP contribution in [0.1, 0.15) is 0 Å². The Balaban J connectivity index is 1.06. The molecule has 280 valence electrons. The lowest BCUT2D eigenvalue weighted by atomic mass is 9.94. The molecule has 12 aromatic rings. The molecule has 0 N–H and O–H groups in total. The van der Waals surface area contributed by atoms with E-state index in [1.54, 1.807) is 0 Å². The Labute approximate surface area is 346 Å². The summed E-state index contributed by atoms with van der Waals surface area (Å²) >= 11 is 0. The van der Waals surface area contributed by atoms with E-state index in [-0.39, 0.29) is 0 Å². The van der Waals surface area contributed by atoms with E-state index in [4.69, 9.17) is 15.0 Å². The molecule has 0 spiro atoms. The van der Waals surface area contributed by atoms with Crippen LogP contribution in [0.3, 0.4) is 0 Å². The highest BCUT2D eigenvalue weighted by Gasteiger charge is 2.21. The molecule has 0 atom stereocenters. The molecular weight excluding hydrogens is 731 g/mol. The zero-order chi connectivity index (χ0) is 39.6. The van der Waals surface area contributed by atoms with Gasteiger partial charge in [-0.25, -0.2) is 4.98 Å². The summed E-state index contributed by atoms with van der Waals surface area (Å²) in [6.45, 7) is 0. The minimum absolute atomic E-state index is 0.571. The standard InChI is InChI=1S/C55H35N5/c1-4-16-36(17-5-1)42-26-14-20-37-21-15-27-45(52(37)42)54-56-53(38-18-6-2-7-19-38)57-55(58-54)60-49-29-13-11-25-44(49)47-35-40(31-33-51(47)60)39-30-32-50-46(34-39)43-24-10-12-28-48(43)59(50)41-22-8-3-9-23-41/h1-35H. The first-order valence-corrected chi connectivity index (χ1v) is 20.3. The highest BCUT2D eigenvalue weighted by Crippen LogP contribution is 2.40. The van der Waals surface area contributed by atoms with Gasteiger partial charge in [-0.15, -0.1) is 0 Å². The van der Waals surface area contributed by atoms with Crippen molar-refractivity contribution in [2.45, 2.75) is 0 Å². The maximum atomic E-state index is 5.37. The van der Waals surface area contributed by atoms with Crippen molar-refractivity contribution in [1.82, 2.24) is 24.1 Å². The number of hydrogen-bond acceptors (Lipinski definition) is 3. The van der Waals surface area contributed by atoms with E-state index in [9.17, 15) is 0 Å². The Morgan fingerprint density at radius 3 is 1.45 bits per heavy atom. The van der Waals surface area contributed by atoms with Gasteiger partial charge in [0.2, 0.25) is 5.95 Å². The molecule has 0 aliphatic carbocycles. The Bertz CT molecular complexity index is 3580. The predicted octanol–water partition coefficient (Wildman–Crippen LogP) is 13.9. The van der Waals surface area contributed by atoms with Crippen molar-refractivity contribution in [3.63, 3.8) is 0 Å². The maximum Gasteiger partial charge on any atom is 0.238 e. The average molecular weight is 766 g/mol. The normalized spacial score (nSPS) is 11.7. The number of hydrogen-bond donors (Lipinski definition) is 0. The Morgan fingerprint density at radius 1 is 0.300 bits per heavy atom. The highest BCUT2D eigenvalue weighted by atomic mass is 15.2. The summed E-state index contributed by atoms with van der Waals surface area (Å²) in [6, 6.07) is 75.1. The van der Waals surface area contributed by atoms with Gasteiger partial charge in [0, 0.05) is 43.7 Å². The molecule has 60 heavy (non-hydrogen) atoms. The molecule has 0 bridgehead atoms. The third kappa shape index (κ3) is 5.44. The number of aromatic nitrogens is 5. The van der Waals surface area contributed by atoms with Gasteiger partial charge in [0.05, 0.1) is 22.1 Å². The Kier molecular flexibility index (Phi) is 7.78. The van der Waals surface area contributed by atoms with Crippen molar-refractivity contribution < 1.29 is 0 Å². The van der Waals surface area contributed by atoms with Gasteiger partial charge >= 0.3 is 0 Å². The van der Waals surface area contributed by atoms with Gasteiger partial charge < -0.3 is 4.57 Å². The first kappa shape index (κ1) is 33.9. The maximum absolute atomic E-state index is 5.37. The van der Waals surface area contributed by atoms with Crippen LogP contribution in [0.2, 0.25) is 0 Å². The molecule has 3 aromatic heterocycles. The van der Waals surface area contributed by atoms with Gasteiger partial charge in [-0.1, -0.05) is 164 Å². The lowest BCUT2D eigenvalue weighted by molar-refractivity contribution is 0.954. The molecule has 0 aliphatic heterocycles. The van der Waals surface area contributed by atoms with Crippen LogP contribution in [0.4, 0.5) is 0 Å². The van der Waals surface area contributed by atoms with E-state index < -0.39 is 0 Å². The predicted molar refractivity (Wildman–Crippen MR) is 248 cm³/mol. The van der Waals surface area contributed by atoms with Crippen molar-refractivity contribution in [1.29, 1.82) is 0 Å². The molecule has 0 unspecified atom stereocenters. The van der Waals surface area contributed by atoms with Crippen molar-refractivity contribution >= 4 is 54.4 Å². The summed E-state index contributed by atoms with van der Waals surface area (Å²) in [5.41, 5.74) is 12.1. The minimum atomic E-state index is 0.571. The molecule has 3 heterocycles. The third-order valence-electron chi connectivity index (χ3n) is 11.8. The fraction of sp³-hybridized carbons (Fsp3) is 0. The number of nitrogens with zero attached hydrogens (tertiary/aromatic N) is 5. The zero-order valence-corrected chi connectivity index (χ0v) is 32.4. The second kappa shape index (κ2) is 13.8. The lowest BCUT2D eigenvalue weighted by Gasteiger charge is -2.14. The fourth-order valence-electron chi connectivity index (χ4n) is 9.06. The van der Waals surface area contributed by atoms with Gasteiger partial charge in [0.15, 0.2) is 11.6 Å². The van der Waals surface area contributed by atoms with E-state index in [0.29, 0.717) is 17.6 Å². The smallest absolute Gasteiger partial charge is 0.238 e. The van der Waals surface area contributed by atoms with Crippen LogP contribution in [0, 0.1) is 0 Å². The quantitative estimate of drug-likeness (QED) is 0.169. The van der Waals surface area contributed by atoms with Crippen LogP contribution in [-0.2, 0) is 0 Å². The molecule has 5 nitrogen and oxygen atoms in total. The lowest BCUT2D eigenvalue weighted by Crippen LogP contribution is -2.06. The molecule has 0 saturated heterocycles. The van der Waals surface area contributed by atoms with Crippen LogP contribution in [0.5, 0.6) is 0 Å².